The Balaban J connectivity index is 1.52. The second kappa shape index (κ2) is 12.4. The molecule has 4 aromatic carbocycles. The zero-order chi connectivity index (χ0) is 26.2. The average molecular weight is 540 g/mol. The summed E-state index contributed by atoms with van der Waals surface area (Å²) in [4.78, 5) is 13.0. The SMILES string of the molecule is O=C1NC(=S)S/C1=C\c1c(OCc2ccccc2)cc(OCc2ccccc2)cc1OCc1ccccc1. The number of hydrogen-bond acceptors (Lipinski definition) is 6. The van der Waals surface area contributed by atoms with Gasteiger partial charge >= 0.3 is 0 Å². The molecule has 0 spiro atoms. The highest BCUT2D eigenvalue weighted by Gasteiger charge is 2.24. The fraction of sp³-hybridized carbons (Fsp3) is 0.0968. The van der Waals surface area contributed by atoms with Crippen molar-refractivity contribution in [3.63, 3.8) is 0 Å². The van der Waals surface area contributed by atoms with Gasteiger partial charge in [0.1, 0.15) is 41.4 Å². The van der Waals surface area contributed by atoms with E-state index in [4.69, 9.17) is 26.4 Å². The van der Waals surface area contributed by atoms with Gasteiger partial charge in [0.25, 0.3) is 5.91 Å². The van der Waals surface area contributed by atoms with Gasteiger partial charge in [-0.25, -0.2) is 0 Å². The largest absolute Gasteiger partial charge is 0.489 e. The van der Waals surface area contributed by atoms with Crippen molar-refractivity contribution in [3.05, 3.63) is 130 Å². The number of ether oxygens (including phenoxy) is 3. The first kappa shape index (κ1) is 25.6. The number of thioether (sulfide) groups is 1. The molecule has 1 N–H and O–H groups in total. The Hall–Kier alpha value is -4.07. The van der Waals surface area contributed by atoms with Crippen molar-refractivity contribution in [2.45, 2.75) is 19.8 Å². The van der Waals surface area contributed by atoms with Crippen molar-refractivity contribution in [2.24, 2.45) is 0 Å². The Morgan fingerprint density at radius 1 is 0.684 bits per heavy atom. The van der Waals surface area contributed by atoms with Gasteiger partial charge < -0.3 is 19.5 Å². The topological polar surface area (TPSA) is 56.8 Å². The van der Waals surface area contributed by atoms with Crippen LogP contribution in [0, 0.1) is 0 Å². The van der Waals surface area contributed by atoms with Crippen LogP contribution < -0.4 is 19.5 Å². The molecule has 1 aliphatic heterocycles. The molecule has 0 saturated carbocycles. The van der Waals surface area contributed by atoms with Gasteiger partial charge in [-0.15, -0.1) is 0 Å². The lowest BCUT2D eigenvalue weighted by Crippen LogP contribution is -2.17. The molecule has 5 rings (SSSR count). The van der Waals surface area contributed by atoms with E-state index in [1.165, 1.54) is 11.8 Å². The van der Waals surface area contributed by atoms with Crippen molar-refractivity contribution < 1.29 is 19.0 Å². The number of hydrogen-bond donors (Lipinski definition) is 1. The lowest BCUT2D eigenvalue weighted by molar-refractivity contribution is -0.115. The zero-order valence-corrected chi connectivity index (χ0v) is 22.1. The molecule has 38 heavy (non-hydrogen) atoms. The molecule has 1 heterocycles. The number of benzene rings is 4. The van der Waals surface area contributed by atoms with Crippen LogP contribution in [0.3, 0.4) is 0 Å². The third-order valence-corrected chi connectivity index (χ3v) is 6.88. The van der Waals surface area contributed by atoms with E-state index < -0.39 is 0 Å². The normalized spacial score (nSPS) is 13.8. The van der Waals surface area contributed by atoms with Gasteiger partial charge in [0.15, 0.2) is 0 Å². The fourth-order valence-corrected chi connectivity index (χ4v) is 4.83. The molecular formula is C31H25NO4S2. The molecule has 0 unspecified atom stereocenters. The van der Waals surface area contributed by atoms with E-state index in [0.717, 1.165) is 16.7 Å². The fourth-order valence-electron chi connectivity index (χ4n) is 3.81. The first-order valence-electron chi connectivity index (χ1n) is 12.1. The molecule has 0 atom stereocenters. The van der Waals surface area contributed by atoms with Crippen LogP contribution in [0.2, 0.25) is 0 Å². The van der Waals surface area contributed by atoms with Crippen molar-refractivity contribution in [2.75, 3.05) is 0 Å². The van der Waals surface area contributed by atoms with Crippen LogP contribution in [-0.4, -0.2) is 10.2 Å². The quantitative estimate of drug-likeness (QED) is 0.175. The molecule has 1 amide bonds. The molecule has 190 valence electrons. The summed E-state index contributed by atoms with van der Waals surface area (Å²) >= 11 is 6.41. The average Bonchev–Trinajstić information content (AvgIpc) is 3.28. The molecule has 0 bridgehead atoms. The van der Waals surface area contributed by atoms with Crippen LogP contribution in [0.15, 0.2) is 108 Å². The van der Waals surface area contributed by atoms with Crippen LogP contribution in [0.4, 0.5) is 0 Å². The smallest absolute Gasteiger partial charge is 0.263 e. The van der Waals surface area contributed by atoms with Crippen LogP contribution in [0.5, 0.6) is 17.2 Å². The first-order chi connectivity index (χ1) is 18.6. The van der Waals surface area contributed by atoms with Gasteiger partial charge in [0, 0.05) is 12.1 Å². The first-order valence-corrected chi connectivity index (χ1v) is 13.3. The number of nitrogens with one attached hydrogen (secondary N) is 1. The Bertz CT molecular complexity index is 1380. The number of thiocarbonyl (C=S) groups is 1. The van der Waals surface area contributed by atoms with Crippen LogP contribution >= 0.6 is 24.0 Å². The van der Waals surface area contributed by atoms with E-state index in [1.54, 1.807) is 6.08 Å². The molecule has 0 radical (unpaired) electrons. The summed E-state index contributed by atoms with van der Waals surface area (Å²) in [5, 5.41) is 2.67. The summed E-state index contributed by atoms with van der Waals surface area (Å²) < 4.78 is 19.2. The predicted octanol–water partition coefficient (Wildman–Crippen LogP) is 6.91. The number of rotatable bonds is 10. The maximum absolute atomic E-state index is 12.5. The molecule has 0 aromatic heterocycles. The highest BCUT2D eigenvalue weighted by Crippen LogP contribution is 2.39. The molecule has 4 aromatic rings. The number of amides is 1. The second-order valence-corrected chi connectivity index (χ2v) is 10.2. The van der Waals surface area contributed by atoms with Gasteiger partial charge in [0.05, 0.1) is 10.5 Å². The Kier molecular flexibility index (Phi) is 8.38. The summed E-state index contributed by atoms with van der Waals surface area (Å²) in [6, 6.07) is 33.4. The van der Waals surface area contributed by atoms with E-state index in [-0.39, 0.29) is 5.91 Å². The Labute approximate surface area is 231 Å². The minimum Gasteiger partial charge on any atom is -0.489 e. The van der Waals surface area contributed by atoms with Crippen LogP contribution in [0.25, 0.3) is 6.08 Å². The molecule has 7 heteroatoms. The van der Waals surface area contributed by atoms with Gasteiger partial charge in [-0.2, -0.15) is 0 Å². The van der Waals surface area contributed by atoms with Gasteiger partial charge in [-0.3, -0.25) is 4.79 Å². The lowest BCUT2D eigenvalue weighted by Gasteiger charge is -2.18. The summed E-state index contributed by atoms with van der Waals surface area (Å²) in [7, 11) is 0. The molecule has 1 fully saturated rings. The third kappa shape index (κ3) is 6.82. The highest BCUT2D eigenvalue weighted by molar-refractivity contribution is 8.26. The van der Waals surface area contributed by atoms with E-state index in [1.807, 2.05) is 103 Å². The minimum atomic E-state index is -0.243. The maximum atomic E-state index is 12.5. The van der Waals surface area contributed by atoms with Crippen LogP contribution in [-0.2, 0) is 24.6 Å². The van der Waals surface area contributed by atoms with Gasteiger partial charge in [-0.1, -0.05) is 115 Å². The van der Waals surface area contributed by atoms with Gasteiger partial charge in [-0.05, 0) is 22.8 Å². The van der Waals surface area contributed by atoms with E-state index in [2.05, 4.69) is 5.32 Å². The molecule has 1 aliphatic rings. The van der Waals surface area contributed by atoms with Crippen molar-refractivity contribution in [3.8, 4) is 17.2 Å². The summed E-state index contributed by atoms with van der Waals surface area (Å²) in [6.45, 7) is 1.08. The van der Waals surface area contributed by atoms with Gasteiger partial charge in [0.2, 0.25) is 0 Å². The molecular weight excluding hydrogens is 514 g/mol. The summed E-state index contributed by atoms with van der Waals surface area (Å²) in [6.07, 6.45) is 1.76. The lowest BCUT2D eigenvalue weighted by atomic mass is 10.1. The number of carbonyl (C=O) groups excluding carboxylic acids is 1. The summed E-state index contributed by atoms with van der Waals surface area (Å²) in [5.74, 6) is 1.44. The van der Waals surface area contributed by atoms with Crippen molar-refractivity contribution in [1.82, 2.24) is 5.32 Å². The molecule has 1 saturated heterocycles. The second-order valence-electron chi connectivity index (χ2n) is 8.51. The van der Waals surface area contributed by atoms with E-state index in [0.29, 0.717) is 51.9 Å². The maximum Gasteiger partial charge on any atom is 0.263 e. The Morgan fingerprint density at radius 2 is 1.13 bits per heavy atom. The zero-order valence-electron chi connectivity index (χ0n) is 20.5. The van der Waals surface area contributed by atoms with Crippen molar-refractivity contribution in [1.29, 1.82) is 0 Å². The monoisotopic (exact) mass is 539 g/mol. The van der Waals surface area contributed by atoms with E-state index >= 15 is 0 Å². The standard InChI is InChI=1S/C31H25NO4S2/c33-30-29(38-31(37)32-30)18-26-27(35-20-23-12-6-2-7-13-23)16-25(34-19-22-10-4-1-5-11-22)17-28(26)36-21-24-14-8-3-9-15-24/h1-18H,19-21H2,(H,32,33,37)/b29-18-. The number of carbonyl (C=O) groups is 1. The molecule has 5 nitrogen and oxygen atoms in total. The highest BCUT2D eigenvalue weighted by atomic mass is 32.2. The third-order valence-electron chi connectivity index (χ3n) is 5.72. The van der Waals surface area contributed by atoms with Crippen molar-refractivity contribution >= 4 is 40.3 Å². The van der Waals surface area contributed by atoms with E-state index in [9.17, 15) is 4.79 Å². The minimum absolute atomic E-state index is 0.243. The Morgan fingerprint density at radius 3 is 1.55 bits per heavy atom. The molecule has 0 aliphatic carbocycles. The summed E-state index contributed by atoms with van der Waals surface area (Å²) in [5.41, 5.74) is 3.72. The van der Waals surface area contributed by atoms with Crippen LogP contribution in [0.1, 0.15) is 22.3 Å². The predicted molar refractivity (Wildman–Crippen MR) is 155 cm³/mol.